The number of phenols is 1. The van der Waals surface area contributed by atoms with Gasteiger partial charge in [0.25, 0.3) is 5.91 Å². The van der Waals surface area contributed by atoms with Crippen molar-refractivity contribution in [2.75, 3.05) is 13.1 Å². The Morgan fingerprint density at radius 2 is 2.16 bits per heavy atom. The van der Waals surface area contributed by atoms with Crippen LogP contribution in [0.1, 0.15) is 53.7 Å². The number of piperidine rings is 1. The molecular formula is C24H28N4O4. The van der Waals surface area contributed by atoms with Gasteiger partial charge < -0.3 is 20.3 Å². The number of likely N-dealkylation sites (tertiary alicyclic amines) is 1. The van der Waals surface area contributed by atoms with Crippen LogP contribution in [0, 0.1) is 5.92 Å². The van der Waals surface area contributed by atoms with E-state index in [2.05, 4.69) is 20.4 Å². The molecule has 4 N–H and O–H groups in total. The third-order valence-corrected chi connectivity index (χ3v) is 8.82. The summed E-state index contributed by atoms with van der Waals surface area (Å²) in [7, 11) is 0. The Morgan fingerprint density at radius 3 is 2.94 bits per heavy atom. The lowest BCUT2D eigenvalue weighted by atomic mass is 9.48. The summed E-state index contributed by atoms with van der Waals surface area (Å²) in [4.78, 5) is 15.3. The Hall–Kier alpha value is -2.58. The van der Waals surface area contributed by atoms with Crippen LogP contribution in [0.5, 0.6) is 11.5 Å². The number of phenolic OH excluding ortho intramolecular Hbond substituents is 1. The number of H-pyrrole nitrogens is 1. The Balaban J connectivity index is 1.32. The molecule has 8 heteroatoms. The van der Waals surface area contributed by atoms with Gasteiger partial charge in [-0.15, -0.1) is 0 Å². The lowest BCUT2D eigenvalue weighted by Crippen LogP contribution is -2.78. The summed E-state index contributed by atoms with van der Waals surface area (Å²) < 4.78 is 6.47. The summed E-state index contributed by atoms with van der Waals surface area (Å²) in [6, 6.07) is 5.14. The number of aromatic nitrogens is 2. The van der Waals surface area contributed by atoms with E-state index < -0.39 is 17.1 Å². The van der Waals surface area contributed by atoms with Gasteiger partial charge in [0.2, 0.25) is 0 Å². The van der Waals surface area contributed by atoms with Crippen molar-refractivity contribution in [3.63, 3.8) is 0 Å². The molecule has 1 saturated heterocycles. The van der Waals surface area contributed by atoms with Crippen LogP contribution in [-0.4, -0.2) is 68.1 Å². The van der Waals surface area contributed by atoms with Gasteiger partial charge in [-0.3, -0.25) is 14.8 Å². The van der Waals surface area contributed by atoms with Gasteiger partial charge in [-0.2, -0.15) is 5.10 Å². The van der Waals surface area contributed by atoms with Crippen molar-refractivity contribution in [3.8, 4) is 11.5 Å². The van der Waals surface area contributed by atoms with Crippen LogP contribution in [0.15, 0.2) is 24.4 Å². The number of amides is 1. The molecule has 1 aromatic carbocycles. The first-order valence-corrected chi connectivity index (χ1v) is 11.8. The van der Waals surface area contributed by atoms with Crippen molar-refractivity contribution in [1.29, 1.82) is 0 Å². The predicted molar refractivity (Wildman–Crippen MR) is 115 cm³/mol. The Bertz CT molecular complexity index is 1100. The molecule has 168 valence electrons. The second kappa shape index (κ2) is 6.26. The van der Waals surface area contributed by atoms with E-state index >= 15 is 0 Å². The van der Waals surface area contributed by atoms with Crippen LogP contribution >= 0.6 is 0 Å². The molecule has 1 spiro atoms. The minimum atomic E-state index is -0.938. The average Bonchev–Trinajstić information content (AvgIpc) is 3.27. The molecule has 1 amide bonds. The molecule has 2 bridgehead atoms. The number of nitrogens with zero attached hydrogens (tertiary/aromatic N) is 2. The molecule has 2 aromatic rings. The highest BCUT2D eigenvalue weighted by molar-refractivity contribution is 5.92. The second-order valence-electron chi connectivity index (χ2n) is 10.4. The van der Waals surface area contributed by atoms with Crippen LogP contribution in [-0.2, 0) is 11.8 Å². The fourth-order valence-electron chi connectivity index (χ4n) is 7.26. The maximum atomic E-state index is 12.8. The van der Waals surface area contributed by atoms with Gasteiger partial charge in [0, 0.05) is 24.3 Å². The standard InChI is InChI=1S/C24H28N4O4/c29-17-4-3-14-11-18-24(31)7-5-15(26-22(30)16-6-9-25-27-16)21-23(24,19(14)20(17)32-21)8-10-28(18)12-13-1-2-13/h3-4,6,9,13,15,18,21,29,31H,1-2,5,7-8,10-12H2,(H,25,27)(H,26,30)/t15-,18+,21-,23-,24+/m0/s1. The van der Waals surface area contributed by atoms with Crippen LogP contribution in [0.25, 0.3) is 0 Å². The molecule has 2 aliphatic heterocycles. The highest BCUT2D eigenvalue weighted by Crippen LogP contribution is 2.65. The summed E-state index contributed by atoms with van der Waals surface area (Å²) in [5.41, 5.74) is 0.988. The number of carbonyl (C=O) groups excluding carboxylic acids is 1. The molecule has 2 saturated carbocycles. The molecule has 7 rings (SSSR count). The quantitative estimate of drug-likeness (QED) is 0.578. The predicted octanol–water partition coefficient (Wildman–Crippen LogP) is 1.48. The van der Waals surface area contributed by atoms with E-state index in [1.54, 1.807) is 18.3 Å². The van der Waals surface area contributed by atoms with Gasteiger partial charge in [0.15, 0.2) is 11.5 Å². The van der Waals surface area contributed by atoms with E-state index in [1.807, 2.05) is 6.07 Å². The first-order chi connectivity index (χ1) is 15.5. The molecule has 3 heterocycles. The first kappa shape index (κ1) is 18.9. The second-order valence-corrected chi connectivity index (χ2v) is 10.4. The molecule has 3 aliphatic carbocycles. The van der Waals surface area contributed by atoms with Crippen molar-refractivity contribution >= 4 is 5.91 Å². The Kier molecular flexibility index (Phi) is 3.71. The van der Waals surface area contributed by atoms with Crippen LogP contribution < -0.4 is 10.1 Å². The van der Waals surface area contributed by atoms with Crippen LogP contribution in [0.4, 0.5) is 0 Å². The number of rotatable bonds is 4. The van der Waals surface area contributed by atoms with Gasteiger partial charge in [-0.25, -0.2) is 0 Å². The summed E-state index contributed by atoms with van der Waals surface area (Å²) in [5, 5.41) is 32.8. The first-order valence-electron chi connectivity index (χ1n) is 11.8. The molecule has 5 atom stereocenters. The maximum Gasteiger partial charge on any atom is 0.269 e. The summed E-state index contributed by atoms with van der Waals surface area (Å²) >= 11 is 0. The van der Waals surface area contributed by atoms with Crippen molar-refractivity contribution < 1.29 is 19.7 Å². The smallest absolute Gasteiger partial charge is 0.269 e. The van der Waals surface area contributed by atoms with Gasteiger partial charge in [0.05, 0.1) is 17.1 Å². The minimum Gasteiger partial charge on any atom is -0.504 e. The molecule has 32 heavy (non-hydrogen) atoms. The third-order valence-electron chi connectivity index (χ3n) is 8.82. The van der Waals surface area contributed by atoms with E-state index in [1.165, 1.54) is 12.8 Å². The van der Waals surface area contributed by atoms with E-state index in [0.29, 0.717) is 24.3 Å². The number of benzene rings is 1. The lowest BCUT2D eigenvalue weighted by Gasteiger charge is -2.64. The lowest BCUT2D eigenvalue weighted by molar-refractivity contribution is -0.191. The number of ether oxygens (including phenoxy) is 1. The zero-order chi connectivity index (χ0) is 21.7. The van der Waals surface area contributed by atoms with Gasteiger partial charge in [-0.1, -0.05) is 6.07 Å². The third kappa shape index (κ3) is 2.29. The van der Waals surface area contributed by atoms with Crippen LogP contribution in [0.2, 0.25) is 0 Å². The molecule has 8 nitrogen and oxygen atoms in total. The summed E-state index contributed by atoms with van der Waals surface area (Å²) in [5.74, 6) is 1.15. The summed E-state index contributed by atoms with van der Waals surface area (Å²) in [6.45, 7) is 1.95. The summed E-state index contributed by atoms with van der Waals surface area (Å²) in [6.07, 6.45) is 6.47. The number of carbonyl (C=O) groups is 1. The van der Waals surface area contributed by atoms with E-state index in [9.17, 15) is 15.0 Å². The SMILES string of the molecule is O=C(N[C@H]1CC[C@@]2(O)[C@H]3Cc4ccc(O)c5c4[C@@]2(CCN3CC2CC2)[C@H]1O5)c1ccn[nH]1. The van der Waals surface area contributed by atoms with E-state index in [4.69, 9.17) is 4.74 Å². The topological polar surface area (TPSA) is 111 Å². The molecular weight excluding hydrogens is 408 g/mol. The molecule has 3 fully saturated rings. The maximum absolute atomic E-state index is 12.8. The number of hydrogen-bond acceptors (Lipinski definition) is 6. The van der Waals surface area contributed by atoms with E-state index in [-0.39, 0.29) is 23.7 Å². The molecule has 1 aromatic heterocycles. The van der Waals surface area contributed by atoms with Gasteiger partial charge in [0.1, 0.15) is 11.8 Å². The molecule has 0 radical (unpaired) electrons. The molecule has 0 unspecified atom stereocenters. The highest BCUT2D eigenvalue weighted by Gasteiger charge is 2.73. The van der Waals surface area contributed by atoms with Gasteiger partial charge >= 0.3 is 0 Å². The monoisotopic (exact) mass is 436 g/mol. The number of aromatic amines is 1. The minimum absolute atomic E-state index is 0.0372. The number of aliphatic hydroxyl groups is 1. The number of hydrogen-bond donors (Lipinski definition) is 4. The highest BCUT2D eigenvalue weighted by atomic mass is 16.5. The zero-order valence-electron chi connectivity index (χ0n) is 17.9. The van der Waals surface area contributed by atoms with Gasteiger partial charge in [-0.05, 0) is 68.7 Å². The average molecular weight is 437 g/mol. The van der Waals surface area contributed by atoms with Crippen molar-refractivity contribution in [3.05, 3.63) is 41.2 Å². The number of nitrogens with one attached hydrogen (secondary N) is 2. The van der Waals surface area contributed by atoms with Crippen molar-refractivity contribution in [2.45, 2.75) is 67.7 Å². The Morgan fingerprint density at radius 1 is 1.28 bits per heavy atom. The number of aromatic hydroxyl groups is 1. The van der Waals surface area contributed by atoms with Crippen molar-refractivity contribution in [2.24, 2.45) is 5.92 Å². The zero-order valence-corrected chi connectivity index (χ0v) is 17.9. The Labute approximate surface area is 186 Å². The molecule has 5 aliphatic rings. The van der Waals surface area contributed by atoms with E-state index in [0.717, 1.165) is 43.0 Å². The normalized spacial score (nSPS) is 37.0. The fourth-order valence-corrected chi connectivity index (χ4v) is 7.26. The van der Waals surface area contributed by atoms with Crippen molar-refractivity contribution in [1.82, 2.24) is 20.4 Å². The fraction of sp³-hybridized carbons (Fsp3) is 0.583. The van der Waals surface area contributed by atoms with Crippen LogP contribution in [0.3, 0.4) is 0 Å². The largest absolute Gasteiger partial charge is 0.504 e.